The summed E-state index contributed by atoms with van der Waals surface area (Å²) in [5.41, 5.74) is 1.42. The first kappa shape index (κ1) is 19.8. The molecule has 1 atom stereocenters. The molecule has 0 radical (unpaired) electrons. The number of nitrogens with one attached hydrogen (secondary N) is 1. The summed E-state index contributed by atoms with van der Waals surface area (Å²) in [6, 6.07) is 18.6. The van der Waals surface area contributed by atoms with E-state index in [4.69, 9.17) is 9.15 Å². The number of hydrogen-bond donors (Lipinski definition) is 1. The lowest BCUT2D eigenvalue weighted by Crippen LogP contribution is -2.62. The van der Waals surface area contributed by atoms with Crippen LogP contribution in [0.4, 0.5) is 0 Å². The standard InChI is InChI=1S/C24H24N2O4/c1-24(23(28)25-15-17-9-11-19(29-2)12-10-17)14-18-6-3-4-8-21(18)22(27)26(24)16-20-7-5-13-30-20/h3-13H,14-16H2,1-2H3,(H,25,28)/t24-/m0/s1. The normalized spacial score (nSPS) is 18.1. The van der Waals surface area contributed by atoms with Gasteiger partial charge in [-0.25, -0.2) is 0 Å². The molecule has 0 unspecified atom stereocenters. The van der Waals surface area contributed by atoms with Crippen molar-refractivity contribution in [2.24, 2.45) is 0 Å². The van der Waals surface area contributed by atoms with Crippen LogP contribution in [0.3, 0.4) is 0 Å². The smallest absolute Gasteiger partial charge is 0.255 e. The molecular weight excluding hydrogens is 380 g/mol. The number of hydrogen-bond acceptors (Lipinski definition) is 4. The van der Waals surface area contributed by atoms with Crippen molar-refractivity contribution in [3.63, 3.8) is 0 Å². The Labute approximate surface area is 175 Å². The number of ether oxygens (including phenoxy) is 1. The molecule has 2 aromatic carbocycles. The van der Waals surface area contributed by atoms with Gasteiger partial charge in [0, 0.05) is 18.5 Å². The van der Waals surface area contributed by atoms with E-state index < -0.39 is 5.54 Å². The Morgan fingerprint density at radius 2 is 1.90 bits per heavy atom. The molecule has 0 saturated heterocycles. The predicted molar refractivity (Wildman–Crippen MR) is 112 cm³/mol. The fourth-order valence-corrected chi connectivity index (χ4v) is 3.84. The molecule has 3 aromatic rings. The van der Waals surface area contributed by atoms with Gasteiger partial charge in [0.15, 0.2) is 0 Å². The average molecular weight is 404 g/mol. The van der Waals surface area contributed by atoms with Crippen LogP contribution in [-0.4, -0.2) is 29.4 Å². The monoisotopic (exact) mass is 404 g/mol. The third-order valence-corrected chi connectivity index (χ3v) is 5.62. The maximum Gasteiger partial charge on any atom is 0.255 e. The average Bonchev–Trinajstić information content (AvgIpc) is 3.28. The minimum absolute atomic E-state index is 0.171. The highest BCUT2D eigenvalue weighted by Gasteiger charge is 2.46. The van der Waals surface area contributed by atoms with E-state index in [1.165, 1.54) is 0 Å². The van der Waals surface area contributed by atoms with Crippen molar-refractivity contribution < 1.29 is 18.7 Å². The molecule has 0 saturated carbocycles. The van der Waals surface area contributed by atoms with Crippen LogP contribution in [0.15, 0.2) is 71.3 Å². The van der Waals surface area contributed by atoms with Crippen molar-refractivity contribution in [3.05, 3.63) is 89.4 Å². The maximum absolute atomic E-state index is 13.4. The largest absolute Gasteiger partial charge is 0.497 e. The fraction of sp³-hybridized carbons (Fsp3) is 0.250. The van der Waals surface area contributed by atoms with Crippen LogP contribution >= 0.6 is 0 Å². The van der Waals surface area contributed by atoms with Gasteiger partial charge in [-0.1, -0.05) is 30.3 Å². The molecule has 154 valence electrons. The fourth-order valence-electron chi connectivity index (χ4n) is 3.84. The van der Waals surface area contributed by atoms with Gasteiger partial charge in [0.25, 0.3) is 5.91 Å². The Bertz CT molecular complexity index is 1040. The van der Waals surface area contributed by atoms with Crippen molar-refractivity contribution in [3.8, 4) is 5.75 Å². The van der Waals surface area contributed by atoms with Gasteiger partial charge in [0.2, 0.25) is 5.91 Å². The summed E-state index contributed by atoms with van der Waals surface area (Å²) < 4.78 is 10.6. The number of nitrogens with zero attached hydrogens (tertiary/aromatic N) is 1. The summed E-state index contributed by atoms with van der Waals surface area (Å²) in [5.74, 6) is 1.02. The van der Waals surface area contributed by atoms with Crippen molar-refractivity contribution in [1.82, 2.24) is 10.2 Å². The molecule has 4 rings (SSSR count). The van der Waals surface area contributed by atoms with Gasteiger partial charge in [0.05, 0.1) is 19.9 Å². The van der Waals surface area contributed by atoms with E-state index in [0.29, 0.717) is 24.3 Å². The predicted octanol–water partition coefficient (Wildman–Crippen LogP) is 3.56. The van der Waals surface area contributed by atoms with Crippen molar-refractivity contribution >= 4 is 11.8 Å². The number of carbonyl (C=O) groups is 2. The number of benzene rings is 2. The van der Waals surface area contributed by atoms with E-state index in [1.54, 1.807) is 24.3 Å². The molecule has 1 aliphatic heterocycles. The summed E-state index contributed by atoms with van der Waals surface area (Å²) in [7, 11) is 1.61. The highest BCUT2D eigenvalue weighted by molar-refractivity contribution is 6.02. The van der Waals surface area contributed by atoms with Crippen molar-refractivity contribution in [1.29, 1.82) is 0 Å². The SMILES string of the molecule is COc1ccc(CNC(=O)[C@]2(C)Cc3ccccc3C(=O)N2Cc2ccco2)cc1. The lowest BCUT2D eigenvalue weighted by Gasteiger charge is -2.43. The number of carbonyl (C=O) groups excluding carboxylic acids is 2. The quantitative estimate of drug-likeness (QED) is 0.682. The molecule has 1 aliphatic rings. The third kappa shape index (κ3) is 3.68. The van der Waals surface area contributed by atoms with Crippen LogP contribution in [0.2, 0.25) is 0 Å². The van der Waals surface area contributed by atoms with E-state index in [9.17, 15) is 9.59 Å². The molecular formula is C24H24N2O4. The molecule has 1 N–H and O–H groups in total. The van der Waals surface area contributed by atoms with Crippen LogP contribution < -0.4 is 10.1 Å². The molecule has 2 amide bonds. The minimum Gasteiger partial charge on any atom is -0.497 e. The molecule has 1 aromatic heterocycles. The second-order valence-corrected chi connectivity index (χ2v) is 7.61. The third-order valence-electron chi connectivity index (χ3n) is 5.62. The number of methoxy groups -OCH3 is 1. The number of amides is 2. The number of fused-ring (bicyclic) bond motifs is 1. The summed E-state index contributed by atoms with van der Waals surface area (Å²) in [5, 5.41) is 3.00. The Balaban J connectivity index is 1.59. The lowest BCUT2D eigenvalue weighted by atomic mass is 9.82. The van der Waals surface area contributed by atoms with E-state index in [2.05, 4.69) is 5.32 Å². The lowest BCUT2D eigenvalue weighted by molar-refractivity contribution is -0.132. The maximum atomic E-state index is 13.4. The molecule has 6 nitrogen and oxygen atoms in total. The van der Waals surface area contributed by atoms with Gasteiger partial charge in [-0.05, 0) is 48.4 Å². The molecule has 30 heavy (non-hydrogen) atoms. The van der Waals surface area contributed by atoms with Crippen molar-refractivity contribution in [2.45, 2.75) is 32.0 Å². The second-order valence-electron chi connectivity index (χ2n) is 7.61. The van der Waals surface area contributed by atoms with Gasteiger partial charge in [-0.2, -0.15) is 0 Å². The Kier molecular flexibility index (Phi) is 5.31. The zero-order valence-electron chi connectivity index (χ0n) is 17.1. The Morgan fingerprint density at radius 1 is 1.13 bits per heavy atom. The van der Waals surface area contributed by atoms with Gasteiger partial charge < -0.3 is 19.4 Å². The van der Waals surface area contributed by atoms with Crippen LogP contribution in [0.1, 0.15) is 34.2 Å². The van der Waals surface area contributed by atoms with E-state index in [0.717, 1.165) is 16.9 Å². The van der Waals surface area contributed by atoms with E-state index in [1.807, 2.05) is 61.5 Å². The van der Waals surface area contributed by atoms with Gasteiger partial charge in [0.1, 0.15) is 17.0 Å². The molecule has 0 spiro atoms. The molecule has 2 heterocycles. The minimum atomic E-state index is -1.04. The number of rotatable bonds is 6. The summed E-state index contributed by atoms with van der Waals surface area (Å²) in [4.78, 5) is 28.3. The first-order chi connectivity index (χ1) is 14.5. The van der Waals surface area contributed by atoms with Gasteiger partial charge in [-0.15, -0.1) is 0 Å². The number of furan rings is 1. The van der Waals surface area contributed by atoms with Gasteiger partial charge in [-0.3, -0.25) is 9.59 Å². The molecule has 0 bridgehead atoms. The first-order valence-electron chi connectivity index (χ1n) is 9.85. The van der Waals surface area contributed by atoms with Crippen molar-refractivity contribution in [2.75, 3.05) is 7.11 Å². The zero-order chi connectivity index (χ0) is 21.1. The Morgan fingerprint density at radius 3 is 2.60 bits per heavy atom. The summed E-state index contributed by atoms with van der Waals surface area (Å²) in [6.45, 7) is 2.41. The van der Waals surface area contributed by atoms with Crippen LogP contribution in [0.25, 0.3) is 0 Å². The second kappa shape index (κ2) is 8.06. The van der Waals surface area contributed by atoms with Crippen LogP contribution in [0, 0.1) is 0 Å². The molecule has 0 fully saturated rings. The highest BCUT2D eigenvalue weighted by Crippen LogP contribution is 2.33. The topological polar surface area (TPSA) is 71.8 Å². The van der Waals surface area contributed by atoms with Crippen LogP contribution in [-0.2, 0) is 24.3 Å². The first-order valence-corrected chi connectivity index (χ1v) is 9.85. The summed E-state index contributed by atoms with van der Waals surface area (Å²) in [6.07, 6.45) is 2.00. The van der Waals surface area contributed by atoms with E-state index in [-0.39, 0.29) is 18.4 Å². The molecule has 6 heteroatoms. The molecule has 0 aliphatic carbocycles. The summed E-state index contributed by atoms with van der Waals surface area (Å²) >= 11 is 0. The van der Waals surface area contributed by atoms with Crippen LogP contribution in [0.5, 0.6) is 5.75 Å². The Hall–Kier alpha value is -3.54. The highest BCUT2D eigenvalue weighted by atomic mass is 16.5. The van der Waals surface area contributed by atoms with Gasteiger partial charge >= 0.3 is 0 Å². The zero-order valence-corrected chi connectivity index (χ0v) is 17.1. The van der Waals surface area contributed by atoms with E-state index >= 15 is 0 Å².